The topological polar surface area (TPSA) is 26.3 Å². The van der Waals surface area contributed by atoms with Crippen LogP contribution in [0.4, 0.5) is 0 Å². The van der Waals surface area contributed by atoms with Crippen molar-refractivity contribution < 1.29 is 9.53 Å². The summed E-state index contributed by atoms with van der Waals surface area (Å²) in [6, 6.07) is 18.8. The van der Waals surface area contributed by atoms with Crippen LogP contribution in [0.3, 0.4) is 0 Å². The molecule has 2 nitrogen and oxygen atoms in total. The van der Waals surface area contributed by atoms with Crippen LogP contribution < -0.4 is 0 Å². The summed E-state index contributed by atoms with van der Waals surface area (Å²) in [5, 5.41) is 7.00. The predicted molar refractivity (Wildman–Crippen MR) is 105 cm³/mol. The van der Waals surface area contributed by atoms with Crippen molar-refractivity contribution in [1.29, 1.82) is 0 Å². The van der Waals surface area contributed by atoms with Crippen molar-refractivity contribution in [1.82, 2.24) is 0 Å². The SMILES string of the molecule is O=C(OC1CC2C=CC1C2)c1ccc2ccc3cccc4ccc1c2c34. The lowest BCUT2D eigenvalue weighted by Crippen LogP contribution is -2.22. The van der Waals surface area contributed by atoms with Crippen LogP contribution in [0.1, 0.15) is 23.2 Å². The van der Waals surface area contributed by atoms with Crippen molar-refractivity contribution in [3.05, 3.63) is 72.3 Å². The van der Waals surface area contributed by atoms with E-state index in [1.54, 1.807) is 0 Å². The molecule has 0 aliphatic heterocycles. The molecule has 2 bridgehead atoms. The highest BCUT2D eigenvalue weighted by molar-refractivity contribution is 6.25. The van der Waals surface area contributed by atoms with Crippen molar-refractivity contribution >= 4 is 38.3 Å². The van der Waals surface area contributed by atoms with E-state index in [0.29, 0.717) is 17.4 Å². The molecule has 0 amide bonds. The second-order valence-electron chi connectivity index (χ2n) is 7.69. The van der Waals surface area contributed by atoms with Gasteiger partial charge in [-0.15, -0.1) is 0 Å². The molecule has 0 spiro atoms. The number of ether oxygens (including phenoxy) is 1. The molecule has 0 radical (unpaired) electrons. The fraction of sp³-hybridized carbons (Fsp3) is 0.208. The van der Waals surface area contributed by atoms with Crippen LogP contribution in [0.5, 0.6) is 0 Å². The predicted octanol–water partition coefficient (Wildman–Crippen LogP) is 5.71. The van der Waals surface area contributed by atoms with Crippen LogP contribution >= 0.6 is 0 Å². The number of carbonyl (C=O) groups excluding carboxylic acids is 1. The molecule has 3 atom stereocenters. The highest BCUT2D eigenvalue weighted by atomic mass is 16.5. The first kappa shape index (κ1) is 14.3. The molecule has 0 heterocycles. The molecule has 3 unspecified atom stereocenters. The first-order chi connectivity index (χ1) is 12.8. The Morgan fingerprint density at radius 2 is 1.54 bits per heavy atom. The number of fused-ring (bicyclic) bond motifs is 2. The van der Waals surface area contributed by atoms with Crippen molar-refractivity contribution in [2.75, 3.05) is 0 Å². The van der Waals surface area contributed by atoms with Gasteiger partial charge in [0.1, 0.15) is 6.10 Å². The first-order valence-electron chi connectivity index (χ1n) is 9.34. The fourth-order valence-corrected chi connectivity index (χ4v) is 4.98. The third kappa shape index (κ3) is 1.90. The monoisotopic (exact) mass is 338 g/mol. The van der Waals surface area contributed by atoms with E-state index < -0.39 is 0 Å². The number of allylic oxidation sites excluding steroid dienone is 1. The third-order valence-electron chi connectivity index (χ3n) is 6.22. The molecule has 0 saturated heterocycles. The molecular weight excluding hydrogens is 320 g/mol. The number of hydrogen-bond acceptors (Lipinski definition) is 2. The van der Waals surface area contributed by atoms with Crippen molar-refractivity contribution in [2.45, 2.75) is 18.9 Å². The van der Waals surface area contributed by atoms with Gasteiger partial charge in [0.15, 0.2) is 0 Å². The number of benzene rings is 4. The lowest BCUT2D eigenvalue weighted by molar-refractivity contribution is 0.0244. The van der Waals surface area contributed by atoms with Crippen molar-refractivity contribution in [3.8, 4) is 0 Å². The van der Waals surface area contributed by atoms with Gasteiger partial charge in [0.2, 0.25) is 0 Å². The van der Waals surface area contributed by atoms with Gasteiger partial charge in [0, 0.05) is 5.92 Å². The molecule has 4 aromatic rings. The van der Waals surface area contributed by atoms with Gasteiger partial charge in [-0.3, -0.25) is 0 Å². The average Bonchev–Trinajstić information content (AvgIpc) is 3.29. The first-order valence-corrected chi connectivity index (χ1v) is 9.34. The van der Waals surface area contributed by atoms with Gasteiger partial charge in [-0.2, -0.15) is 0 Å². The van der Waals surface area contributed by atoms with Gasteiger partial charge in [-0.05, 0) is 57.1 Å². The standard InChI is InChI=1S/C24H18O2/c25-24(26-21-13-14-4-5-18(21)12-14)20-11-9-17-7-6-15-2-1-3-16-8-10-19(20)23(17)22(15)16/h1-11,14,18,21H,12-13H2. The normalized spacial score (nSPS) is 24.2. The summed E-state index contributed by atoms with van der Waals surface area (Å²) in [6.45, 7) is 0. The van der Waals surface area contributed by atoms with Crippen molar-refractivity contribution in [3.63, 3.8) is 0 Å². The molecule has 126 valence electrons. The van der Waals surface area contributed by atoms with Crippen LogP contribution in [-0.4, -0.2) is 12.1 Å². The fourth-order valence-electron chi connectivity index (χ4n) is 4.98. The lowest BCUT2D eigenvalue weighted by Gasteiger charge is -2.20. The Morgan fingerprint density at radius 3 is 2.27 bits per heavy atom. The maximum atomic E-state index is 13.0. The van der Waals surface area contributed by atoms with E-state index in [1.165, 1.54) is 26.9 Å². The van der Waals surface area contributed by atoms with E-state index in [4.69, 9.17) is 4.74 Å². The van der Waals surface area contributed by atoms with E-state index >= 15 is 0 Å². The Bertz CT molecular complexity index is 1190. The zero-order valence-corrected chi connectivity index (χ0v) is 14.3. The van der Waals surface area contributed by atoms with E-state index in [1.807, 2.05) is 12.1 Å². The highest BCUT2D eigenvalue weighted by Gasteiger charge is 2.38. The molecule has 1 saturated carbocycles. The number of esters is 1. The summed E-state index contributed by atoms with van der Waals surface area (Å²) in [5.74, 6) is 0.816. The summed E-state index contributed by atoms with van der Waals surface area (Å²) in [4.78, 5) is 13.0. The third-order valence-corrected chi connectivity index (χ3v) is 6.22. The molecular formula is C24H18O2. The van der Waals surface area contributed by atoms with E-state index in [9.17, 15) is 4.79 Å². The second-order valence-corrected chi connectivity index (χ2v) is 7.69. The summed E-state index contributed by atoms with van der Waals surface area (Å²) < 4.78 is 5.93. The Morgan fingerprint density at radius 1 is 0.808 bits per heavy atom. The minimum atomic E-state index is -0.186. The van der Waals surface area contributed by atoms with Gasteiger partial charge in [0.05, 0.1) is 5.56 Å². The molecule has 6 rings (SSSR count). The summed E-state index contributed by atoms with van der Waals surface area (Å²) in [5.41, 5.74) is 0.683. The van der Waals surface area contributed by atoms with Gasteiger partial charge in [0.25, 0.3) is 0 Å². The van der Waals surface area contributed by atoms with Gasteiger partial charge in [-0.25, -0.2) is 4.79 Å². The maximum absolute atomic E-state index is 13.0. The van der Waals surface area contributed by atoms with E-state index in [0.717, 1.165) is 18.2 Å². The lowest BCUT2D eigenvalue weighted by atomic mass is 9.92. The van der Waals surface area contributed by atoms with Crippen LogP contribution in [-0.2, 0) is 4.74 Å². The van der Waals surface area contributed by atoms with Crippen molar-refractivity contribution in [2.24, 2.45) is 11.8 Å². The molecule has 26 heavy (non-hydrogen) atoms. The van der Waals surface area contributed by atoms with Crippen LogP contribution in [0.25, 0.3) is 32.3 Å². The Hall–Kier alpha value is -2.87. The molecule has 2 aliphatic rings. The van der Waals surface area contributed by atoms with Gasteiger partial charge < -0.3 is 4.74 Å². The Labute approximate surface area is 151 Å². The largest absolute Gasteiger partial charge is 0.458 e. The van der Waals surface area contributed by atoms with E-state index in [2.05, 4.69) is 54.6 Å². The zero-order chi connectivity index (χ0) is 17.3. The number of carbonyl (C=O) groups is 1. The summed E-state index contributed by atoms with van der Waals surface area (Å²) in [6.07, 6.45) is 6.63. The second kappa shape index (κ2) is 5.07. The molecule has 0 N–H and O–H groups in total. The van der Waals surface area contributed by atoms with Gasteiger partial charge in [-0.1, -0.05) is 60.7 Å². The Balaban J connectivity index is 1.50. The van der Waals surface area contributed by atoms with Crippen LogP contribution in [0.15, 0.2) is 66.7 Å². The molecule has 4 aromatic carbocycles. The minimum absolute atomic E-state index is 0.0380. The van der Waals surface area contributed by atoms with Crippen LogP contribution in [0, 0.1) is 11.8 Å². The smallest absolute Gasteiger partial charge is 0.339 e. The molecule has 1 fully saturated rings. The van der Waals surface area contributed by atoms with Crippen LogP contribution in [0.2, 0.25) is 0 Å². The molecule has 0 aromatic heterocycles. The zero-order valence-electron chi connectivity index (χ0n) is 14.3. The van der Waals surface area contributed by atoms with E-state index in [-0.39, 0.29) is 12.1 Å². The summed E-state index contributed by atoms with van der Waals surface area (Å²) in [7, 11) is 0. The molecule has 2 heteroatoms. The number of hydrogen-bond donors (Lipinski definition) is 0. The highest BCUT2D eigenvalue weighted by Crippen LogP contribution is 2.41. The number of rotatable bonds is 2. The van der Waals surface area contributed by atoms with Gasteiger partial charge >= 0.3 is 5.97 Å². The minimum Gasteiger partial charge on any atom is -0.458 e. The molecule has 2 aliphatic carbocycles. The maximum Gasteiger partial charge on any atom is 0.339 e. The quantitative estimate of drug-likeness (QED) is 0.266. The summed E-state index contributed by atoms with van der Waals surface area (Å²) >= 11 is 0. The average molecular weight is 338 g/mol. The Kier molecular flexibility index (Phi) is 2.79.